The maximum absolute atomic E-state index is 12.6. The van der Waals surface area contributed by atoms with Crippen LogP contribution < -0.4 is 10.6 Å². The summed E-state index contributed by atoms with van der Waals surface area (Å²) >= 11 is 0. The fourth-order valence-corrected chi connectivity index (χ4v) is 3.45. The lowest BCUT2D eigenvalue weighted by molar-refractivity contribution is -0.123. The molecular formula is C21H25N3O3. The van der Waals surface area contributed by atoms with E-state index < -0.39 is 12.1 Å². The third kappa shape index (κ3) is 5.82. The molecule has 3 N–H and O–H groups in total. The molecule has 0 spiro atoms. The molecule has 2 atom stereocenters. The van der Waals surface area contributed by atoms with Gasteiger partial charge in [0.15, 0.2) is 0 Å². The van der Waals surface area contributed by atoms with Gasteiger partial charge in [-0.25, -0.2) is 4.79 Å². The Kier molecular flexibility index (Phi) is 6.44. The van der Waals surface area contributed by atoms with Gasteiger partial charge in [-0.3, -0.25) is 9.69 Å². The molecule has 0 aliphatic carbocycles. The van der Waals surface area contributed by atoms with E-state index in [0.717, 1.165) is 31.6 Å². The summed E-state index contributed by atoms with van der Waals surface area (Å²) in [7, 11) is 0. The number of carbonyl (C=O) groups is 2. The zero-order chi connectivity index (χ0) is 19.1. The van der Waals surface area contributed by atoms with Crippen LogP contribution in [0.4, 0.5) is 4.79 Å². The molecule has 6 nitrogen and oxygen atoms in total. The molecule has 0 unspecified atom stereocenters. The highest BCUT2D eigenvalue weighted by molar-refractivity contribution is 5.85. The first kappa shape index (κ1) is 18.9. The predicted octanol–water partition coefficient (Wildman–Crippen LogP) is 2.26. The molecule has 1 aliphatic rings. The number of nitrogens with zero attached hydrogens (tertiary/aromatic N) is 1. The third-order valence-electron chi connectivity index (χ3n) is 4.76. The maximum atomic E-state index is 12.6. The topological polar surface area (TPSA) is 81.7 Å². The molecule has 142 valence electrons. The predicted molar refractivity (Wildman–Crippen MR) is 103 cm³/mol. The number of nitrogens with one attached hydrogen (secondary N) is 2. The number of benzene rings is 2. The molecule has 6 heteroatoms. The summed E-state index contributed by atoms with van der Waals surface area (Å²) in [6.45, 7) is 2.54. The molecular weight excluding hydrogens is 342 g/mol. The van der Waals surface area contributed by atoms with Gasteiger partial charge in [0.25, 0.3) is 0 Å². The standard InChI is InChI=1S/C21H25N3O3/c25-20(19(23-21(26)27)13-16-7-3-1-4-8-16)22-18-11-12-24(15-18)14-17-9-5-2-6-10-17/h1-10,18-19,23H,11-15H2,(H,22,25)(H,26,27)/t18-,19+/m0/s1. The lowest BCUT2D eigenvalue weighted by atomic mass is 10.0. The van der Waals surface area contributed by atoms with Gasteiger partial charge in [0.1, 0.15) is 6.04 Å². The van der Waals surface area contributed by atoms with Crippen LogP contribution >= 0.6 is 0 Å². The van der Waals surface area contributed by atoms with Gasteiger partial charge in [-0.15, -0.1) is 0 Å². The van der Waals surface area contributed by atoms with Crippen molar-refractivity contribution in [1.29, 1.82) is 0 Å². The number of carboxylic acid groups (broad SMARTS) is 1. The second-order valence-electron chi connectivity index (χ2n) is 6.91. The molecule has 27 heavy (non-hydrogen) atoms. The Morgan fingerprint density at radius 2 is 1.67 bits per heavy atom. The van der Waals surface area contributed by atoms with Gasteiger partial charge < -0.3 is 15.7 Å². The number of hydrogen-bond acceptors (Lipinski definition) is 3. The van der Waals surface area contributed by atoms with Crippen molar-refractivity contribution in [3.63, 3.8) is 0 Å². The Morgan fingerprint density at radius 3 is 2.30 bits per heavy atom. The zero-order valence-electron chi connectivity index (χ0n) is 15.2. The Morgan fingerprint density at radius 1 is 1.04 bits per heavy atom. The average Bonchev–Trinajstić information content (AvgIpc) is 3.09. The molecule has 0 radical (unpaired) electrons. The molecule has 1 aliphatic heterocycles. The molecule has 3 rings (SSSR count). The first-order chi connectivity index (χ1) is 13.1. The van der Waals surface area contributed by atoms with E-state index >= 15 is 0 Å². The van der Waals surface area contributed by atoms with E-state index in [9.17, 15) is 9.59 Å². The number of amides is 2. The minimum Gasteiger partial charge on any atom is -0.465 e. The van der Waals surface area contributed by atoms with E-state index in [1.807, 2.05) is 48.5 Å². The molecule has 1 heterocycles. The Hall–Kier alpha value is -2.86. The van der Waals surface area contributed by atoms with Crippen molar-refractivity contribution in [2.45, 2.75) is 31.5 Å². The highest BCUT2D eigenvalue weighted by Crippen LogP contribution is 2.14. The second-order valence-corrected chi connectivity index (χ2v) is 6.91. The van der Waals surface area contributed by atoms with Crippen LogP contribution in [0.3, 0.4) is 0 Å². The first-order valence-electron chi connectivity index (χ1n) is 9.20. The number of hydrogen-bond donors (Lipinski definition) is 3. The summed E-state index contributed by atoms with van der Waals surface area (Å²) in [6.07, 6.45) is 0.00607. The van der Waals surface area contributed by atoms with Crippen LogP contribution in [0.2, 0.25) is 0 Å². The van der Waals surface area contributed by atoms with E-state index in [-0.39, 0.29) is 11.9 Å². The van der Waals surface area contributed by atoms with E-state index in [1.54, 1.807) is 0 Å². The summed E-state index contributed by atoms with van der Waals surface area (Å²) in [5, 5.41) is 14.4. The Balaban J connectivity index is 1.54. The van der Waals surface area contributed by atoms with Crippen LogP contribution in [0, 0.1) is 0 Å². The smallest absolute Gasteiger partial charge is 0.405 e. The molecule has 2 aromatic rings. The van der Waals surface area contributed by atoms with E-state index in [0.29, 0.717) is 6.42 Å². The number of carbonyl (C=O) groups excluding carboxylic acids is 1. The molecule has 2 amide bonds. The monoisotopic (exact) mass is 367 g/mol. The maximum Gasteiger partial charge on any atom is 0.405 e. The first-order valence-corrected chi connectivity index (χ1v) is 9.20. The molecule has 0 aromatic heterocycles. The van der Waals surface area contributed by atoms with Crippen LogP contribution in [0.25, 0.3) is 0 Å². The number of rotatable bonds is 7. The summed E-state index contributed by atoms with van der Waals surface area (Å²) in [6, 6.07) is 18.9. The zero-order valence-corrected chi connectivity index (χ0v) is 15.2. The summed E-state index contributed by atoms with van der Waals surface area (Å²) in [5.74, 6) is -0.271. The van der Waals surface area contributed by atoms with Crippen LogP contribution in [0.5, 0.6) is 0 Å². The third-order valence-corrected chi connectivity index (χ3v) is 4.76. The second kappa shape index (κ2) is 9.19. The van der Waals surface area contributed by atoms with Crippen molar-refractivity contribution < 1.29 is 14.7 Å². The fourth-order valence-electron chi connectivity index (χ4n) is 3.45. The molecule has 0 bridgehead atoms. The van der Waals surface area contributed by atoms with Crippen molar-refractivity contribution in [2.24, 2.45) is 0 Å². The van der Waals surface area contributed by atoms with Crippen LogP contribution in [-0.2, 0) is 17.8 Å². The Labute approximate surface area is 159 Å². The largest absolute Gasteiger partial charge is 0.465 e. The van der Waals surface area contributed by atoms with Gasteiger partial charge in [-0.1, -0.05) is 60.7 Å². The molecule has 1 saturated heterocycles. The van der Waals surface area contributed by atoms with Gasteiger partial charge in [0, 0.05) is 32.1 Å². The van der Waals surface area contributed by atoms with Gasteiger partial charge in [0.2, 0.25) is 5.91 Å². The quantitative estimate of drug-likeness (QED) is 0.701. The summed E-state index contributed by atoms with van der Waals surface area (Å²) in [5.41, 5.74) is 2.17. The van der Waals surface area contributed by atoms with Crippen molar-refractivity contribution >= 4 is 12.0 Å². The molecule has 2 aromatic carbocycles. The normalized spacial score (nSPS) is 18.0. The lowest BCUT2D eigenvalue weighted by Gasteiger charge is -2.21. The highest BCUT2D eigenvalue weighted by atomic mass is 16.4. The van der Waals surface area contributed by atoms with Crippen molar-refractivity contribution in [3.8, 4) is 0 Å². The van der Waals surface area contributed by atoms with E-state index in [2.05, 4.69) is 27.7 Å². The van der Waals surface area contributed by atoms with Gasteiger partial charge >= 0.3 is 6.09 Å². The highest BCUT2D eigenvalue weighted by Gasteiger charge is 2.28. The number of likely N-dealkylation sites (tertiary alicyclic amines) is 1. The fraction of sp³-hybridized carbons (Fsp3) is 0.333. The van der Waals surface area contributed by atoms with E-state index in [1.165, 1.54) is 5.56 Å². The van der Waals surface area contributed by atoms with Gasteiger partial charge in [0.05, 0.1) is 0 Å². The molecule has 0 saturated carbocycles. The van der Waals surface area contributed by atoms with Crippen molar-refractivity contribution in [3.05, 3.63) is 71.8 Å². The minimum atomic E-state index is -1.19. The van der Waals surface area contributed by atoms with Crippen LogP contribution in [0.1, 0.15) is 17.5 Å². The average molecular weight is 367 g/mol. The Bertz CT molecular complexity index is 752. The van der Waals surface area contributed by atoms with Crippen molar-refractivity contribution in [2.75, 3.05) is 13.1 Å². The van der Waals surface area contributed by atoms with Gasteiger partial charge in [-0.2, -0.15) is 0 Å². The van der Waals surface area contributed by atoms with Crippen molar-refractivity contribution in [1.82, 2.24) is 15.5 Å². The van der Waals surface area contributed by atoms with Crippen LogP contribution in [0.15, 0.2) is 60.7 Å². The van der Waals surface area contributed by atoms with E-state index in [4.69, 9.17) is 5.11 Å². The van der Waals surface area contributed by atoms with Gasteiger partial charge in [-0.05, 0) is 17.5 Å². The SMILES string of the molecule is O=C(O)N[C@H](Cc1ccccc1)C(=O)N[C@H]1CCN(Cc2ccccc2)C1. The minimum absolute atomic E-state index is 0.0371. The molecule has 1 fully saturated rings. The van der Waals surface area contributed by atoms with Crippen LogP contribution in [-0.4, -0.2) is 47.2 Å². The lowest BCUT2D eigenvalue weighted by Crippen LogP contribution is -2.50. The summed E-state index contributed by atoms with van der Waals surface area (Å²) in [4.78, 5) is 26.0. The summed E-state index contributed by atoms with van der Waals surface area (Å²) < 4.78 is 0.